The van der Waals surface area contributed by atoms with Crippen molar-refractivity contribution >= 4 is 30.7 Å². The van der Waals surface area contributed by atoms with Crippen molar-refractivity contribution in [2.75, 3.05) is 73.2 Å². The van der Waals surface area contributed by atoms with Gasteiger partial charge in [0.05, 0.1) is 43.1 Å². The Morgan fingerprint density at radius 1 is 0.812 bits per heavy atom. The Balaban J connectivity index is 0.00000400. The summed E-state index contributed by atoms with van der Waals surface area (Å²) in [5.41, 5.74) is -4.71. The molecule has 18 heteroatoms. The number of nitrogens with zero attached hydrogens (tertiary/aromatic N) is 3. The molecule has 0 N–H and O–H groups in total. The van der Waals surface area contributed by atoms with Crippen LogP contribution in [-0.2, 0) is 34.4 Å². The maximum absolute atomic E-state index is 13.6. The highest BCUT2D eigenvalue weighted by Crippen LogP contribution is 2.38. The van der Waals surface area contributed by atoms with Crippen molar-refractivity contribution in [2.24, 2.45) is 0 Å². The van der Waals surface area contributed by atoms with E-state index in [1.165, 1.54) is 17.0 Å². The van der Waals surface area contributed by atoms with Crippen LogP contribution in [0.4, 0.5) is 39.5 Å². The Hall–Kier alpha value is -2.50. The molecule has 0 aromatic heterocycles. The second-order valence-electron chi connectivity index (χ2n) is 11.2. The maximum Gasteiger partial charge on any atom is 0.419 e. The molecule has 0 radical (unpaired) electrons. The number of ether oxygens (including phenoxy) is 3. The average Bonchev–Trinajstić information content (AvgIpc) is 2.98. The Labute approximate surface area is 284 Å². The van der Waals surface area contributed by atoms with Crippen molar-refractivity contribution in [1.82, 2.24) is 14.7 Å². The number of hydrogen-bond donors (Lipinski definition) is 0. The van der Waals surface area contributed by atoms with Gasteiger partial charge < -0.3 is 19.1 Å². The minimum atomic E-state index is -5.15. The quantitative estimate of drug-likeness (QED) is 0.281. The van der Waals surface area contributed by atoms with Crippen LogP contribution in [0.25, 0.3) is 0 Å². The zero-order valence-corrected chi connectivity index (χ0v) is 27.5. The molecule has 0 aliphatic carbocycles. The molecule has 0 spiro atoms. The molecule has 4 rings (SSSR count). The SMILES string of the molecule is COC[C@@H]1CN(CCN2CCN(C(=O)c3cc(C(F)(F)F)cc(C(F)(F)F)c3)C(Cc3ccc(C(F)(F)F)c(OC)c3)C2)CCO1.Cl.Cl. The van der Waals surface area contributed by atoms with Gasteiger partial charge in [0.15, 0.2) is 0 Å². The number of alkyl halides is 9. The fraction of sp³-hybridized carbons (Fsp3) is 0.567. The topological polar surface area (TPSA) is 54.5 Å². The third kappa shape index (κ3) is 10.7. The van der Waals surface area contributed by atoms with Gasteiger partial charge in [-0.25, -0.2) is 0 Å². The molecule has 2 heterocycles. The summed E-state index contributed by atoms with van der Waals surface area (Å²) < 4.78 is 137. The van der Waals surface area contributed by atoms with Gasteiger partial charge >= 0.3 is 18.5 Å². The van der Waals surface area contributed by atoms with Gasteiger partial charge in [0, 0.05) is 64.5 Å². The minimum absolute atomic E-state index is 0. The fourth-order valence-corrected chi connectivity index (χ4v) is 5.73. The number of methoxy groups -OCH3 is 2. The molecule has 1 unspecified atom stereocenters. The van der Waals surface area contributed by atoms with E-state index in [-0.39, 0.29) is 63.0 Å². The van der Waals surface area contributed by atoms with Crippen molar-refractivity contribution in [3.8, 4) is 5.75 Å². The van der Waals surface area contributed by atoms with Crippen LogP contribution >= 0.6 is 24.8 Å². The van der Waals surface area contributed by atoms with Gasteiger partial charge in [-0.3, -0.25) is 14.6 Å². The summed E-state index contributed by atoms with van der Waals surface area (Å²) >= 11 is 0. The van der Waals surface area contributed by atoms with Gasteiger partial charge in [0.1, 0.15) is 5.75 Å². The summed E-state index contributed by atoms with van der Waals surface area (Å²) in [7, 11) is 2.64. The van der Waals surface area contributed by atoms with Crippen molar-refractivity contribution in [1.29, 1.82) is 0 Å². The molecule has 2 fully saturated rings. The van der Waals surface area contributed by atoms with E-state index in [0.29, 0.717) is 57.1 Å². The van der Waals surface area contributed by atoms with E-state index in [9.17, 15) is 44.3 Å². The highest BCUT2D eigenvalue weighted by molar-refractivity contribution is 5.95. The molecular weight excluding hydrogens is 708 g/mol. The lowest BCUT2D eigenvalue weighted by molar-refractivity contribution is -0.143. The molecule has 2 saturated heterocycles. The normalized spacial score (nSPS) is 19.8. The molecule has 2 atom stereocenters. The van der Waals surface area contributed by atoms with E-state index >= 15 is 0 Å². The summed E-state index contributed by atoms with van der Waals surface area (Å²) in [5.74, 6) is -1.50. The number of amides is 1. The van der Waals surface area contributed by atoms with Gasteiger partial charge in [-0.15, -0.1) is 24.8 Å². The highest BCUT2D eigenvalue weighted by atomic mass is 35.5. The Kier molecular flexibility index (Phi) is 14.7. The van der Waals surface area contributed by atoms with Crippen molar-refractivity contribution < 1.29 is 58.5 Å². The first-order valence-corrected chi connectivity index (χ1v) is 14.4. The van der Waals surface area contributed by atoms with Crippen LogP contribution in [0.5, 0.6) is 5.75 Å². The summed E-state index contributed by atoms with van der Waals surface area (Å²) in [6.07, 6.45) is -15.1. The number of carbonyl (C=O) groups is 1. The van der Waals surface area contributed by atoms with Gasteiger partial charge in [-0.1, -0.05) is 6.07 Å². The van der Waals surface area contributed by atoms with E-state index in [4.69, 9.17) is 14.2 Å². The van der Waals surface area contributed by atoms with E-state index in [0.717, 1.165) is 13.2 Å². The lowest BCUT2D eigenvalue weighted by atomic mass is 9.98. The Morgan fingerprint density at radius 3 is 1.96 bits per heavy atom. The molecule has 7 nitrogen and oxygen atoms in total. The first-order chi connectivity index (χ1) is 21.5. The van der Waals surface area contributed by atoms with Crippen molar-refractivity contribution in [3.05, 3.63) is 64.2 Å². The van der Waals surface area contributed by atoms with Crippen molar-refractivity contribution in [2.45, 2.75) is 37.1 Å². The van der Waals surface area contributed by atoms with Crippen LogP contribution in [0.3, 0.4) is 0 Å². The first kappa shape index (κ1) is 41.7. The predicted octanol–water partition coefficient (Wildman–Crippen LogP) is 6.31. The van der Waals surface area contributed by atoms with Crippen molar-refractivity contribution in [3.63, 3.8) is 0 Å². The van der Waals surface area contributed by atoms with E-state index in [2.05, 4.69) is 4.90 Å². The third-order valence-corrected chi connectivity index (χ3v) is 8.01. The number of rotatable bonds is 9. The van der Waals surface area contributed by atoms with Gasteiger partial charge in [-0.05, 0) is 42.3 Å². The first-order valence-electron chi connectivity index (χ1n) is 14.4. The molecule has 2 aliphatic heterocycles. The van der Waals surface area contributed by atoms with Crippen LogP contribution in [0, 0.1) is 0 Å². The number of morpholine rings is 1. The average molecular weight is 745 g/mol. The van der Waals surface area contributed by atoms with E-state index in [1.54, 1.807) is 7.11 Å². The fourth-order valence-electron chi connectivity index (χ4n) is 5.73. The van der Waals surface area contributed by atoms with Crippen LogP contribution in [0.2, 0.25) is 0 Å². The number of halogens is 11. The van der Waals surface area contributed by atoms with E-state index < -0.39 is 58.5 Å². The lowest BCUT2D eigenvalue weighted by Gasteiger charge is -2.43. The molecule has 2 aromatic carbocycles. The summed E-state index contributed by atoms with van der Waals surface area (Å²) in [5, 5.41) is 0. The largest absolute Gasteiger partial charge is 0.496 e. The maximum atomic E-state index is 13.6. The van der Waals surface area contributed by atoms with Gasteiger partial charge in [0.2, 0.25) is 0 Å². The van der Waals surface area contributed by atoms with Crippen LogP contribution in [0.15, 0.2) is 36.4 Å². The molecule has 0 saturated carbocycles. The van der Waals surface area contributed by atoms with Gasteiger partial charge in [-0.2, -0.15) is 39.5 Å². The zero-order chi connectivity index (χ0) is 33.9. The Bertz CT molecular complexity index is 1330. The predicted molar refractivity (Wildman–Crippen MR) is 162 cm³/mol. The smallest absolute Gasteiger partial charge is 0.419 e. The number of piperazine rings is 1. The lowest BCUT2D eigenvalue weighted by Crippen LogP contribution is -2.57. The molecule has 1 amide bonds. The van der Waals surface area contributed by atoms with Crippen LogP contribution in [0.1, 0.15) is 32.6 Å². The molecule has 0 bridgehead atoms. The number of hydrogen-bond acceptors (Lipinski definition) is 6. The number of carbonyl (C=O) groups excluding carboxylic acids is 1. The zero-order valence-electron chi connectivity index (χ0n) is 25.9. The summed E-state index contributed by atoms with van der Waals surface area (Å²) in [6, 6.07) is 3.14. The molecule has 48 heavy (non-hydrogen) atoms. The summed E-state index contributed by atoms with van der Waals surface area (Å²) in [4.78, 5) is 19.0. The minimum Gasteiger partial charge on any atom is -0.496 e. The van der Waals surface area contributed by atoms with Crippen LogP contribution in [-0.4, -0.2) is 106 Å². The van der Waals surface area contributed by atoms with Gasteiger partial charge in [0.25, 0.3) is 5.91 Å². The van der Waals surface area contributed by atoms with E-state index in [1.807, 2.05) is 4.90 Å². The monoisotopic (exact) mass is 743 g/mol. The van der Waals surface area contributed by atoms with Crippen LogP contribution < -0.4 is 4.74 Å². The summed E-state index contributed by atoms with van der Waals surface area (Å²) in [6.45, 7) is 3.77. The standard InChI is InChI=1S/C30H34F9N3O4.2ClH/c1-44-18-24-17-41(9-10-46-24)6-5-40-7-8-42(23(16-40)11-19-3-4-25(30(37,38)39)26(12-19)45-2)27(43)20-13-21(28(31,32)33)15-22(14-20)29(34,35)36;;/h3-4,12-15,23-24H,5-11,16-18H2,1-2H3;2*1H/t23?,24-;;/m0../s1. The molecule has 272 valence electrons. The second-order valence-corrected chi connectivity index (χ2v) is 11.2. The third-order valence-electron chi connectivity index (χ3n) is 8.01. The molecule has 2 aliphatic rings. The Morgan fingerprint density at radius 2 is 1.42 bits per heavy atom. The highest BCUT2D eigenvalue weighted by Gasteiger charge is 2.40. The second kappa shape index (κ2) is 16.9. The molecule has 2 aromatic rings. The molecular formula is C30H36Cl2F9N3O4. The number of benzene rings is 2.